The molecule has 0 saturated carbocycles. The lowest BCUT2D eigenvalue weighted by atomic mass is 9.69. The summed E-state index contributed by atoms with van der Waals surface area (Å²) in [5, 5.41) is 10.0. The van der Waals surface area contributed by atoms with Crippen molar-refractivity contribution in [2.75, 3.05) is 0 Å². The quantitative estimate of drug-likeness (QED) is 0.152. The summed E-state index contributed by atoms with van der Waals surface area (Å²) in [4.78, 5) is 10.8. The van der Waals surface area contributed by atoms with Crippen molar-refractivity contribution < 1.29 is 0 Å². The summed E-state index contributed by atoms with van der Waals surface area (Å²) in [6.45, 7) is 2.26. The first-order valence-electron chi connectivity index (χ1n) is 36.9. The first-order valence-corrected chi connectivity index (χ1v) is 36.9. The smallest absolute Gasteiger partial charge is 0.145 e. The average Bonchev–Trinajstić information content (AvgIpc) is 1.50. The molecule has 2 aromatic heterocycles. The number of imidazole rings is 2. The predicted octanol–water partition coefficient (Wildman–Crippen LogP) is 25.3. The van der Waals surface area contributed by atoms with Gasteiger partial charge >= 0.3 is 0 Å². The molecule has 0 bridgehead atoms. The zero-order valence-corrected chi connectivity index (χ0v) is 57.6. The highest BCUT2D eigenvalue weighted by atomic mass is 15.1. The van der Waals surface area contributed by atoms with Crippen LogP contribution in [0.15, 0.2) is 346 Å². The van der Waals surface area contributed by atoms with Crippen LogP contribution >= 0.6 is 0 Å². The SMILES string of the molecule is CCCc1nc2c(-c3cccc4c5c(ccc34)C3(c4ccccc4-c4ccccc43)c3c-5ccc4cc(-c5ccc(-n6c(-c7ccccc7)nc7ccccc76)cc5)ccc34)cccc2n1-c1ccc(-c2ccc3c4c(ccc3c2)-c2c(ccc3ccccc23)C42c3ccccc3-c3ccccc32)cc1. The van der Waals surface area contributed by atoms with Crippen molar-refractivity contribution in [2.24, 2.45) is 0 Å². The summed E-state index contributed by atoms with van der Waals surface area (Å²) >= 11 is 0. The first kappa shape index (κ1) is 58.4. The Kier molecular flexibility index (Phi) is 12.2. The van der Waals surface area contributed by atoms with Crippen molar-refractivity contribution >= 4 is 65.2 Å². The average molecular weight is 1330 g/mol. The topological polar surface area (TPSA) is 35.6 Å². The van der Waals surface area contributed by atoms with Gasteiger partial charge < -0.3 is 0 Å². The Hall–Kier alpha value is -13.3. The largest absolute Gasteiger partial charge is 0.296 e. The normalized spacial score (nSPS) is 13.6. The van der Waals surface area contributed by atoms with Gasteiger partial charge in [-0.15, -0.1) is 0 Å². The number of aryl methyl sites for hydroxylation is 1. The van der Waals surface area contributed by atoms with Crippen LogP contribution < -0.4 is 0 Å². The second-order valence-electron chi connectivity index (χ2n) is 29.1. The minimum atomic E-state index is -0.560. The van der Waals surface area contributed by atoms with Gasteiger partial charge in [-0.25, -0.2) is 9.97 Å². The third kappa shape index (κ3) is 7.84. The van der Waals surface area contributed by atoms with E-state index in [1.807, 2.05) is 0 Å². The van der Waals surface area contributed by atoms with Gasteiger partial charge in [-0.3, -0.25) is 9.13 Å². The van der Waals surface area contributed by atoms with E-state index in [-0.39, 0.29) is 0 Å². The van der Waals surface area contributed by atoms with E-state index in [0.717, 1.165) is 74.6 Å². The molecule has 4 aliphatic rings. The Bertz CT molecular complexity index is 6870. The molecule has 0 amide bonds. The molecule has 105 heavy (non-hydrogen) atoms. The molecule has 2 heterocycles. The molecule has 0 fully saturated rings. The molecule has 4 nitrogen and oxygen atoms in total. The van der Waals surface area contributed by atoms with E-state index in [0.29, 0.717) is 0 Å². The van der Waals surface area contributed by atoms with Gasteiger partial charge in [0.1, 0.15) is 11.6 Å². The van der Waals surface area contributed by atoms with Gasteiger partial charge in [0, 0.05) is 28.9 Å². The zero-order valence-electron chi connectivity index (χ0n) is 57.6. The molecule has 19 aromatic rings. The van der Waals surface area contributed by atoms with Crippen molar-refractivity contribution in [3.63, 3.8) is 0 Å². The molecule has 0 unspecified atom stereocenters. The molecule has 2 spiro atoms. The van der Waals surface area contributed by atoms with Crippen molar-refractivity contribution in [3.05, 3.63) is 396 Å². The second kappa shape index (κ2) is 21.9. The van der Waals surface area contributed by atoms with Gasteiger partial charge in [0.05, 0.1) is 32.9 Å². The number of benzene rings is 17. The fourth-order valence-electron chi connectivity index (χ4n) is 19.9. The van der Waals surface area contributed by atoms with Crippen molar-refractivity contribution in [3.8, 4) is 101 Å². The Balaban J connectivity index is 0.632. The molecule has 0 N–H and O–H groups in total. The first-order chi connectivity index (χ1) is 52.0. The summed E-state index contributed by atoms with van der Waals surface area (Å²) in [5.74, 6) is 1.99. The summed E-state index contributed by atoms with van der Waals surface area (Å²) in [6, 6.07) is 130. The number of aromatic nitrogens is 4. The van der Waals surface area contributed by atoms with Crippen LogP contribution in [0.3, 0.4) is 0 Å². The number of fused-ring (bicyclic) bond motifs is 30. The lowest BCUT2D eigenvalue weighted by Gasteiger charge is -2.31. The number of nitrogens with zero attached hydrogens (tertiary/aromatic N) is 4. The van der Waals surface area contributed by atoms with Crippen LogP contribution in [0.4, 0.5) is 0 Å². The van der Waals surface area contributed by atoms with Gasteiger partial charge in [-0.05, 0) is 221 Å². The third-order valence-electron chi connectivity index (χ3n) is 24.1. The van der Waals surface area contributed by atoms with Gasteiger partial charge in [-0.1, -0.05) is 298 Å². The molecule has 0 radical (unpaired) electrons. The summed E-state index contributed by atoms with van der Waals surface area (Å²) < 4.78 is 4.71. The maximum absolute atomic E-state index is 5.68. The standard InChI is InChI=1S/C101H64N4/c1-2-20-93-103-98-81(31-19-38-92(98)104(93)69-48-39-61(40-49-69)65-43-52-72-67(59-65)45-54-82-94-71-24-7-6-21-63(71)47-57-88(94)100(96(72)82)84-32-12-8-25-76(84)77-26-9-13-33-85(77)100)74-29-18-30-80-75(74)56-58-89-95(80)83-55-46-68-60-66(44-53-73(68)97(83)101(89)86-34-14-10-27-78(86)79-28-11-15-35-87(79)101)62-41-50-70(51-42-62)105-91-37-17-16-36-90(91)102-99(105)64-22-4-3-5-23-64/h3-19,21-60H,2,20H2,1H3. The van der Waals surface area contributed by atoms with Gasteiger partial charge in [0.25, 0.3) is 0 Å². The Morgan fingerprint density at radius 1 is 0.276 bits per heavy atom. The molecular formula is C101H64N4. The molecular weight excluding hydrogens is 1270 g/mol. The highest BCUT2D eigenvalue weighted by Gasteiger charge is 2.54. The summed E-state index contributed by atoms with van der Waals surface area (Å²) in [6.07, 6.45) is 1.81. The lowest BCUT2D eigenvalue weighted by molar-refractivity contribution is 0.802. The van der Waals surface area contributed by atoms with Crippen LogP contribution in [-0.2, 0) is 17.3 Å². The Labute approximate surface area is 607 Å². The van der Waals surface area contributed by atoms with E-state index in [2.05, 4.69) is 362 Å². The maximum Gasteiger partial charge on any atom is 0.145 e. The van der Waals surface area contributed by atoms with Crippen LogP contribution in [0.1, 0.15) is 63.7 Å². The van der Waals surface area contributed by atoms with E-state index >= 15 is 0 Å². The molecule has 4 aliphatic carbocycles. The fourth-order valence-corrected chi connectivity index (χ4v) is 19.9. The van der Waals surface area contributed by atoms with Crippen LogP contribution in [0, 0.1) is 0 Å². The minimum absolute atomic E-state index is 0.457. The maximum atomic E-state index is 5.68. The van der Waals surface area contributed by atoms with Crippen LogP contribution in [0.5, 0.6) is 0 Å². The summed E-state index contributed by atoms with van der Waals surface area (Å²) in [7, 11) is 0. The van der Waals surface area contributed by atoms with Gasteiger partial charge in [0.15, 0.2) is 0 Å². The lowest BCUT2D eigenvalue weighted by Crippen LogP contribution is -2.26. The number of para-hydroxylation sites is 3. The number of hydrogen-bond donors (Lipinski definition) is 0. The van der Waals surface area contributed by atoms with Gasteiger partial charge in [-0.2, -0.15) is 0 Å². The van der Waals surface area contributed by atoms with E-state index in [4.69, 9.17) is 9.97 Å². The van der Waals surface area contributed by atoms with Crippen LogP contribution in [0.2, 0.25) is 0 Å². The fraction of sp³-hybridized carbons (Fsp3) is 0.0495. The van der Waals surface area contributed by atoms with Gasteiger partial charge in [0.2, 0.25) is 0 Å². The predicted molar refractivity (Wildman–Crippen MR) is 434 cm³/mol. The van der Waals surface area contributed by atoms with Crippen LogP contribution in [-0.4, -0.2) is 19.1 Å². The zero-order chi connectivity index (χ0) is 68.8. The molecule has 23 rings (SSSR count). The summed E-state index contributed by atoms with van der Waals surface area (Å²) in [5.41, 5.74) is 34.8. The van der Waals surface area contributed by atoms with E-state index < -0.39 is 10.8 Å². The Morgan fingerprint density at radius 2 is 0.733 bits per heavy atom. The second-order valence-corrected chi connectivity index (χ2v) is 29.1. The van der Waals surface area contributed by atoms with Crippen LogP contribution in [0.25, 0.3) is 166 Å². The van der Waals surface area contributed by atoms with Crippen molar-refractivity contribution in [1.82, 2.24) is 19.1 Å². The van der Waals surface area contributed by atoms with E-state index in [9.17, 15) is 0 Å². The van der Waals surface area contributed by atoms with Crippen molar-refractivity contribution in [1.29, 1.82) is 0 Å². The highest BCUT2D eigenvalue weighted by Crippen LogP contribution is 2.67. The monoisotopic (exact) mass is 1330 g/mol. The van der Waals surface area contributed by atoms with Crippen molar-refractivity contribution in [2.45, 2.75) is 30.6 Å². The molecule has 0 saturated heterocycles. The number of hydrogen-bond acceptors (Lipinski definition) is 2. The van der Waals surface area contributed by atoms with E-state index in [1.165, 1.54) is 154 Å². The van der Waals surface area contributed by atoms with E-state index in [1.54, 1.807) is 0 Å². The third-order valence-corrected chi connectivity index (χ3v) is 24.1. The Morgan fingerprint density at radius 3 is 1.34 bits per heavy atom. The highest BCUT2D eigenvalue weighted by molar-refractivity contribution is 6.16. The molecule has 17 aromatic carbocycles. The molecule has 4 heteroatoms. The minimum Gasteiger partial charge on any atom is -0.296 e. The molecule has 0 aliphatic heterocycles. The number of rotatable bonds is 8. The molecule has 0 atom stereocenters. The molecule has 488 valence electrons.